The highest BCUT2D eigenvalue weighted by Crippen LogP contribution is 2.32. The predicted molar refractivity (Wildman–Crippen MR) is 90.3 cm³/mol. The Bertz CT molecular complexity index is 680. The van der Waals surface area contributed by atoms with Gasteiger partial charge in [-0.3, -0.25) is 4.99 Å². The molecule has 0 radical (unpaired) electrons. The lowest BCUT2D eigenvalue weighted by molar-refractivity contribution is 0.598. The fourth-order valence-electron chi connectivity index (χ4n) is 2.90. The number of hydrogen-bond donors (Lipinski definition) is 2. The van der Waals surface area contributed by atoms with Crippen LogP contribution >= 0.6 is 0 Å². The highest BCUT2D eigenvalue weighted by Gasteiger charge is 2.21. The van der Waals surface area contributed by atoms with Gasteiger partial charge in [-0.05, 0) is 37.3 Å². The van der Waals surface area contributed by atoms with Crippen molar-refractivity contribution in [1.82, 2.24) is 9.97 Å². The molecule has 0 spiro atoms. The van der Waals surface area contributed by atoms with E-state index in [9.17, 15) is 0 Å². The average molecular weight is 295 g/mol. The quantitative estimate of drug-likeness (QED) is 0.850. The van der Waals surface area contributed by atoms with Crippen LogP contribution in [-0.2, 0) is 6.42 Å². The van der Waals surface area contributed by atoms with Crippen molar-refractivity contribution in [2.75, 3.05) is 17.6 Å². The monoisotopic (exact) mass is 295 g/mol. The minimum atomic E-state index is 0.257. The number of aryl methyl sites for hydroxylation is 1. The van der Waals surface area contributed by atoms with E-state index in [2.05, 4.69) is 44.5 Å². The van der Waals surface area contributed by atoms with Crippen LogP contribution in [0.4, 0.5) is 11.6 Å². The van der Waals surface area contributed by atoms with Crippen LogP contribution in [0.1, 0.15) is 42.5 Å². The number of nitrogens with zero attached hydrogens (tertiary/aromatic N) is 3. The van der Waals surface area contributed by atoms with Gasteiger partial charge in [-0.15, -0.1) is 0 Å². The van der Waals surface area contributed by atoms with Crippen LogP contribution in [0, 0.1) is 0 Å². The van der Waals surface area contributed by atoms with Crippen LogP contribution in [0.5, 0.6) is 0 Å². The Kier molecular flexibility index (Phi) is 4.32. The topological polar surface area (TPSA) is 76.2 Å². The maximum atomic E-state index is 5.98. The fourth-order valence-corrected chi connectivity index (χ4v) is 2.90. The van der Waals surface area contributed by atoms with Crippen molar-refractivity contribution in [3.05, 3.63) is 47.3 Å². The van der Waals surface area contributed by atoms with Gasteiger partial charge in [0.05, 0.1) is 11.6 Å². The zero-order valence-corrected chi connectivity index (χ0v) is 12.8. The number of fused-ring (bicyclic) bond motifs is 1. The Morgan fingerprint density at radius 3 is 3.09 bits per heavy atom. The van der Waals surface area contributed by atoms with E-state index in [0.717, 1.165) is 24.2 Å². The average Bonchev–Trinajstić information content (AvgIpc) is 2.55. The Hall–Kier alpha value is -2.43. The van der Waals surface area contributed by atoms with Crippen molar-refractivity contribution in [3.63, 3.8) is 0 Å². The summed E-state index contributed by atoms with van der Waals surface area (Å²) in [5.74, 6) is 1.21. The first-order valence-electron chi connectivity index (χ1n) is 7.74. The van der Waals surface area contributed by atoms with Crippen molar-refractivity contribution in [2.24, 2.45) is 4.99 Å². The molecular weight excluding hydrogens is 274 g/mol. The summed E-state index contributed by atoms with van der Waals surface area (Å²) in [7, 11) is 0. The van der Waals surface area contributed by atoms with Gasteiger partial charge in [-0.25, -0.2) is 9.97 Å². The number of nitrogens with one attached hydrogen (secondary N) is 1. The SMILES string of the molecule is CC/N=C/c1c(N)ncnc1NC1CCCc2ccccc21. The molecule has 1 aliphatic carbocycles. The molecule has 1 aromatic carbocycles. The number of aliphatic imine (C=N–C) groups is 1. The third-order valence-corrected chi connectivity index (χ3v) is 4.00. The van der Waals surface area contributed by atoms with E-state index in [1.165, 1.54) is 23.9 Å². The van der Waals surface area contributed by atoms with E-state index < -0.39 is 0 Å². The van der Waals surface area contributed by atoms with Crippen molar-refractivity contribution < 1.29 is 0 Å². The standard InChI is InChI=1S/C17H21N5/c1-2-19-10-14-16(18)20-11-21-17(14)22-15-9-5-7-12-6-3-4-8-13(12)15/h3-4,6,8,10-11,15H,2,5,7,9H2,1H3,(H3,18,20,21,22)/b19-10+. The zero-order chi connectivity index (χ0) is 15.4. The highest BCUT2D eigenvalue weighted by molar-refractivity contribution is 5.91. The molecule has 1 unspecified atom stereocenters. The third kappa shape index (κ3) is 2.93. The summed E-state index contributed by atoms with van der Waals surface area (Å²) in [6, 6.07) is 8.84. The molecule has 0 fully saturated rings. The molecule has 0 saturated heterocycles. The molecule has 0 bridgehead atoms. The summed E-state index contributed by atoms with van der Waals surface area (Å²) in [5.41, 5.74) is 9.52. The summed E-state index contributed by atoms with van der Waals surface area (Å²) in [4.78, 5) is 12.7. The number of aromatic nitrogens is 2. The van der Waals surface area contributed by atoms with Gasteiger partial charge in [0.2, 0.25) is 0 Å². The Morgan fingerprint density at radius 1 is 1.36 bits per heavy atom. The van der Waals surface area contributed by atoms with Crippen LogP contribution < -0.4 is 11.1 Å². The smallest absolute Gasteiger partial charge is 0.140 e. The predicted octanol–water partition coefficient (Wildman–Crippen LogP) is 2.99. The summed E-state index contributed by atoms with van der Waals surface area (Å²) < 4.78 is 0. The van der Waals surface area contributed by atoms with Gasteiger partial charge < -0.3 is 11.1 Å². The largest absolute Gasteiger partial charge is 0.383 e. The molecule has 1 atom stereocenters. The van der Waals surface area contributed by atoms with Crippen LogP contribution in [0.2, 0.25) is 0 Å². The highest BCUT2D eigenvalue weighted by atomic mass is 15.1. The molecule has 2 aromatic rings. The van der Waals surface area contributed by atoms with Gasteiger partial charge in [-0.2, -0.15) is 0 Å². The summed E-state index contributed by atoms with van der Waals surface area (Å²) in [6.07, 6.45) is 6.66. The molecular formula is C17H21N5. The lowest BCUT2D eigenvalue weighted by Crippen LogP contribution is -2.19. The van der Waals surface area contributed by atoms with Crippen molar-refractivity contribution in [1.29, 1.82) is 0 Å². The van der Waals surface area contributed by atoms with Crippen LogP contribution in [0.15, 0.2) is 35.6 Å². The summed E-state index contributed by atoms with van der Waals surface area (Å²) in [5, 5.41) is 3.53. The second kappa shape index (κ2) is 6.56. The number of rotatable bonds is 4. The number of anilines is 2. The van der Waals surface area contributed by atoms with Gasteiger partial charge >= 0.3 is 0 Å². The molecule has 5 heteroatoms. The van der Waals surface area contributed by atoms with Gasteiger partial charge in [0.1, 0.15) is 18.0 Å². The summed E-state index contributed by atoms with van der Waals surface area (Å²) in [6.45, 7) is 2.70. The molecule has 0 aliphatic heterocycles. The lowest BCUT2D eigenvalue weighted by Gasteiger charge is -2.27. The fraction of sp³-hybridized carbons (Fsp3) is 0.353. The number of nitrogens with two attached hydrogens (primary N) is 1. The van der Waals surface area contributed by atoms with Crippen LogP contribution in [0.3, 0.4) is 0 Å². The number of nitrogen functional groups attached to an aromatic ring is 1. The molecule has 3 N–H and O–H groups in total. The maximum Gasteiger partial charge on any atom is 0.140 e. The van der Waals surface area contributed by atoms with Crippen LogP contribution in [0.25, 0.3) is 0 Å². The molecule has 3 rings (SSSR count). The summed E-state index contributed by atoms with van der Waals surface area (Å²) >= 11 is 0. The molecule has 1 heterocycles. The maximum absolute atomic E-state index is 5.98. The zero-order valence-electron chi connectivity index (χ0n) is 12.8. The molecule has 114 valence electrons. The molecule has 22 heavy (non-hydrogen) atoms. The Balaban J connectivity index is 1.91. The molecule has 1 aliphatic rings. The van der Waals surface area contributed by atoms with Crippen molar-refractivity contribution >= 4 is 17.9 Å². The van der Waals surface area contributed by atoms with Gasteiger partial charge in [0, 0.05) is 12.8 Å². The normalized spacial score (nSPS) is 17.4. The van der Waals surface area contributed by atoms with Gasteiger partial charge in [0.25, 0.3) is 0 Å². The van der Waals surface area contributed by atoms with Gasteiger partial charge in [0.15, 0.2) is 0 Å². The molecule has 5 nitrogen and oxygen atoms in total. The second-order valence-electron chi connectivity index (χ2n) is 5.44. The van der Waals surface area contributed by atoms with E-state index in [0.29, 0.717) is 12.4 Å². The van der Waals surface area contributed by atoms with Crippen molar-refractivity contribution in [3.8, 4) is 0 Å². The first kappa shape index (κ1) is 14.5. The molecule has 0 saturated carbocycles. The van der Waals surface area contributed by atoms with Gasteiger partial charge in [-0.1, -0.05) is 24.3 Å². The van der Waals surface area contributed by atoms with E-state index in [1.807, 2.05) is 6.92 Å². The molecule has 1 aromatic heterocycles. The van der Waals surface area contributed by atoms with Crippen molar-refractivity contribution in [2.45, 2.75) is 32.2 Å². The third-order valence-electron chi connectivity index (χ3n) is 4.00. The van der Waals surface area contributed by atoms with E-state index >= 15 is 0 Å². The minimum Gasteiger partial charge on any atom is -0.383 e. The molecule has 0 amide bonds. The van der Waals surface area contributed by atoms with E-state index in [-0.39, 0.29) is 6.04 Å². The first-order chi connectivity index (χ1) is 10.8. The Labute approximate surface area is 130 Å². The lowest BCUT2D eigenvalue weighted by atomic mass is 9.87. The van der Waals surface area contributed by atoms with Crippen LogP contribution in [-0.4, -0.2) is 22.7 Å². The minimum absolute atomic E-state index is 0.257. The van der Waals surface area contributed by atoms with E-state index in [4.69, 9.17) is 5.73 Å². The number of benzene rings is 1. The second-order valence-corrected chi connectivity index (χ2v) is 5.44. The number of hydrogen-bond acceptors (Lipinski definition) is 5. The Morgan fingerprint density at radius 2 is 2.23 bits per heavy atom. The first-order valence-corrected chi connectivity index (χ1v) is 7.74. The van der Waals surface area contributed by atoms with E-state index in [1.54, 1.807) is 6.21 Å².